The third-order valence-electron chi connectivity index (χ3n) is 3.47. The second kappa shape index (κ2) is 9.78. The molecule has 28 heavy (non-hydrogen) atoms. The molecule has 1 atom stereocenters. The molecule has 1 heterocycles. The Bertz CT molecular complexity index is 809. The number of thioether (sulfide) groups is 1. The van der Waals surface area contributed by atoms with E-state index in [0.717, 1.165) is 0 Å². The molecular weight excluding hydrogens is 417 g/mol. The second-order valence-electron chi connectivity index (χ2n) is 5.63. The molecule has 0 bridgehead atoms. The standard InChI is InChI=1S/C17H17F3N2O4S2/c1-27-7-6-13(16(24)25)22-14(23)8-11-9-28-15(21-11)10-2-4-12(5-3-10)26-17(18,19)20/h2-5,9,13H,6-8H2,1H3,(H,22,23)(H,24,25)/t13-/m0/s1. The fourth-order valence-electron chi connectivity index (χ4n) is 2.22. The number of nitrogens with zero attached hydrogens (tertiary/aromatic N) is 1. The van der Waals surface area contributed by atoms with Gasteiger partial charge in [0.1, 0.15) is 16.8 Å². The third-order valence-corrected chi connectivity index (χ3v) is 5.06. The number of rotatable bonds is 9. The lowest BCUT2D eigenvalue weighted by Crippen LogP contribution is -2.41. The number of hydrogen-bond donors (Lipinski definition) is 2. The van der Waals surface area contributed by atoms with Crippen LogP contribution in [-0.2, 0) is 16.0 Å². The lowest BCUT2D eigenvalue weighted by atomic mass is 10.2. The zero-order chi connectivity index (χ0) is 20.7. The van der Waals surface area contributed by atoms with Gasteiger partial charge in [0.2, 0.25) is 5.91 Å². The minimum absolute atomic E-state index is 0.0885. The van der Waals surface area contributed by atoms with Crippen LogP contribution >= 0.6 is 23.1 Å². The van der Waals surface area contributed by atoms with Crippen molar-refractivity contribution in [1.82, 2.24) is 10.3 Å². The first-order valence-electron chi connectivity index (χ1n) is 7.99. The van der Waals surface area contributed by atoms with Gasteiger partial charge in [0.05, 0.1) is 12.1 Å². The van der Waals surface area contributed by atoms with E-state index in [1.54, 1.807) is 5.38 Å². The van der Waals surface area contributed by atoms with Crippen LogP contribution in [0.25, 0.3) is 10.6 Å². The van der Waals surface area contributed by atoms with Gasteiger partial charge >= 0.3 is 12.3 Å². The van der Waals surface area contributed by atoms with E-state index in [2.05, 4.69) is 15.0 Å². The van der Waals surface area contributed by atoms with Crippen molar-refractivity contribution in [3.8, 4) is 16.3 Å². The highest BCUT2D eigenvalue weighted by Gasteiger charge is 2.31. The Morgan fingerprint density at radius 3 is 2.57 bits per heavy atom. The molecule has 1 amide bonds. The summed E-state index contributed by atoms with van der Waals surface area (Å²) in [4.78, 5) is 27.5. The number of nitrogens with one attached hydrogen (secondary N) is 1. The van der Waals surface area contributed by atoms with Crippen LogP contribution in [0, 0.1) is 0 Å². The monoisotopic (exact) mass is 434 g/mol. The fraction of sp³-hybridized carbons (Fsp3) is 0.353. The molecule has 11 heteroatoms. The van der Waals surface area contributed by atoms with Crippen molar-refractivity contribution in [3.63, 3.8) is 0 Å². The maximum atomic E-state index is 12.2. The van der Waals surface area contributed by atoms with E-state index in [4.69, 9.17) is 5.11 Å². The Morgan fingerprint density at radius 1 is 1.32 bits per heavy atom. The lowest BCUT2D eigenvalue weighted by Gasteiger charge is -2.13. The number of alkyl halides is 3. The Labute approximate surface area is 167 Å². The van der Waals surface area contributed by atoms with Crippen molar-refractivity contribution in [2.24, 2.45) is 0 Å². The molecular formula is C17H17F3N2O4S2. The number of aliphatic carboxylic acids is 1. The quantitative estimate of drug-likeness (QED) is 0.627. The molecule has 0 saturated heterocycles. The third kappa shape index (κ3) is 7.04. The molecule has 0 radical (unpaired) electrons. The van der Waals surface area contributed by atoms with E-state index < -0.39 is 24.3 Å². The van der Waals surface area contributed by atoms with Gasteiger partial charge in [-0.25, -0.2) is 9.78 Å². The maximum Gasteiger partial charge on any atom is 0.573 e. The smallest absolute Gasteiger partial charge is 0.480 e. The minimum Gasteiger partial charge on any atom is -0.480 e. The zero-order valence-electron chi connectivity index (χ0n) is 14.7. The number of carboxylic acid groups (broad SMARTS) is 1. The van der Waals surface area contributed by atoms with E-state index in [9.17, 15) is 22.8 Å². The maximum absolute atomic E-state index is 12.2. The topological polar surface area (TPSA) is 88.5 Å². The Hall–Kier alpha value is -2.27. The second-order valence-corrected chi connectivity index (χ2v) is 7.48. The number of ether oxygens (including phenoxy) is 1. The number of benzene rings is 1. The largest absolute Gasteiger partial charge is 0.573 e. The highest BCUT2D eigenvalue weighted by molar-refractivity contribution is 7.98. The molecule has 0 unspecified atom stereocenters. The summed E-state index contributed by atoms with van der Waals surface area (Å²) in [5, 5.41) is 13.8. The predicted octanol–water partition coefficient (Wildman–Crippen LogP) is 3.57. The van der Waals surface area contributed by atoms with Crippen LogP contribution in [0.15, 0.2) is 29.6 Å². The molecule has 0 spiro atoms. The van der Waals surface area contributed by atoms with Crippen molar-refractivity contribution >= 4 is 35.0 Å². The van der Waals surface area contributed by atoms with E-state index >= 15 is 0 Å². The van der Waals surface area contributed by atoms with Gasteiger partial charge in [-0.3, -0.25) is 4.79 Å². The molecule has 0 fully saturated rings. The van der Waals surface area contributed by atoms with Crippen LogP contribution in [0.1, 0.15) is 12.1 Å². The van der Waals surface area contributed by atoms with Crippen LogP contribution in [0.4, 0.5) is 13.2 Å². The molecule has 1 aromatic carbocycles. The number of carboxylic acids is 1. The highest BCUT2D eigenvalue weighted by Crippen LogP contribution is 2.28. The van der Waals surface area contributed by atoms with Crippen molar-refractivity contribution < 1.29 is 32.6 Å². The van der Waals surface area contributed by atoms with Gasteiger partial charge < -0.3 is 15.2 Å². The Kier molecular flexibility index (Phi) is 7.69. The molecule has 0 aliphatic rings. The molecule has 6 nitrogen and oxygen atoms in total. The predicted molar refractivity (Wildman–Crippen MR) is 101 cm³/mol. The summed E-state index contributed by atoms with van der Waals surface area (Å²) in [5.74, 6) is -1.29. The van der Waals surface area contributed by atoms with E-state index in [1.165, 1.54) is 47.4 Å². The molecule has 0 saturated carbocycles. The van der Waals surface area contributed by atoms with Crippen molar-refractivity contribution in [2.75, 3.05) is 12.0 Å². The van der Waals surface area contributed by atoms with Crippen LogP contribution in [0.2, 0.25) is 0 Å². The minimum atomic E-state index is -4.76. The number of carbonyl (C=O) groups excluding carboxylic acids is 1. The van der Waals surface area contributed by atoms with Crippen LogP contribution in [0.5, 0.6) is 5.75 Å². The van der Waals surface area contributed by atoms with Crippen LogP contribution in [0.3, 0.4) is 0 Å². The Morgan fingerprint density at radius 2 is 2.00 bits per heavy atom. The first-order chi connectivity index (χ1) is 13.2. The van der Waals surface area contributed by atoms with Gasteiger partial charge in [-0.05, 0) is 42.7 Å². The average molecular weight is 434 g/mol. The fourth-order valence-corrected chi connectivity index (χ4v) is 3.52. The van der Waals surface area contributed by atoms with Crippen LogP contribution in [-0.4, -0.2) is 46.4 Å². The van der Waals surface area contributed by atoms with Crippen molar-refractivity contribution in [1.29, 1.82) is 0 Å². The van der Waals surface area contributed by atoms with Gasteiger partial charge in [-0.15, -0.1) is 24.5 Å². The number of thiazole rings is 1. The molecule has 0 aliphatic heterocycles. The lowest BCUT2D eigenvalue weighted by molar-refractivity contribution is -0.274. The van der Waals surface area contributed by atoms with Crippen molar-refractivity contribution in [2.45, 2.75) is 25.2 Å². The summed E-state index contributed by atoms with van der Waals surface area (Å²) in [5.41, 5.74) is 1.02. The summed E-state index contributed by atoms with van der Waals surface area (Å²) < 4.78 is 40.4. The normalized spacial score (nSPS) is 12.4. The van der Waals surface area contributed by atoms with Gasteiger partial charge in [0.25, 0.3) is 0 Å². The first-order valence-corrected chi connectivity index (χ1v) is 10.3. The molecule has 0 aliphatic carbocycles. The van der Waals surface area contributed by atoms with Gasteiger partial charge in [0.15, 0.2) is 0 Å². The van der Waals surface area contributed by atoms with E-state index in [1.807, 2.05) is 6.26 Å². The molecule has 2 aromatic rings. The van der Waals surface area contributed by atoms with Gasteiger partial charge in [0, 0.05) is 10.9 Å². The summed E-state index contributed by atoms with van der Waals surface area (Å²) >= 11 is 2.72. The Balaban J connectivity index is 1.98. The molecule has 1 aromatic heterocycles. The highest BCUT2D eigenvalue weighted by atomic mass is 32.2. The number of hydrogen-bond acceptors (Lipinski definition) is 6. The van der Waals surface area contributed by atoms with Crippen molar-refractivity contribution in [3.05, 3.63) is 35.3 Å². The number of aromatic nitrogens is 1. The zero-order valence-corrected chi connectivity index (χ0v) is 16.3. The van der Waals surface area contributed by atoms with E-state index in [0.29, 0.717) is 28.4 Å². The summed E-state index contributed by atoms with van der Waals surface area (Å²) in [6.07, 6.45) is -2.68. The summed E-state index contributed by atoms with van der Waals surface area (Å²) in [6.45, 7) is 0. The average Bonchev–Trinajstić information content (AvgIpc) is 3.06. The molecule has 152 valence electrons. The SMILES string of the molecule is CSCC[C@H](NC(=O)Cc1csc(-c2ccc(OC(F)(F)F)cc2)n1)C(=O)O. The van der Waals surface area contributed by atoms with Crippen LogP contribution < -0.4 is 10.1 Å². The number of carbonyl (C=O) groups is 2. The molecule has 2 rings (SSSR count). The molecule has 2 N–H and O–H groups in total. The summed E-state index contributed by atoms with van der Waals surface area (Å²) in [6, 6.07) is 4.28. The summed E-state index contributed by atoms with van der Waals surface area (Å²) in [7, 11) is 0. The van der Waals surface area contributed by atoms with Gasteiger partial charge in [-0.1, -0.05) is 0 Å². The van der Waals surface area contributed by atoms with Gasteiger partial charge in [-0.2, -0.15) is 11.8 Å². The van der Waals surface area contributed by atoms with E-state index in [-0.39, 0.29) is 12.2 Å². The first kappa shape index (κ1) is 22.0. The number of amides is 1. The number of halogens is 3.